The zero-order chi connectivity index (χ0) is 28.2. The number of nitrogens with one attached hydrogen (secondary N) is 1. The summed E-state index contributed by atoms with van der Waals surface area (Å²) in [4.78, 5) is 30.2. The van der Waals surface area contributed by atoms with Gasteiger partial charge in [-0.2, -0.15) is 0 Å². The minimum Gasteiger partial charge on any atom is -0.493 e. The molecule has 0 spiro atoms. The Morgan fingerprint density at radius 1 is 1.03 bits per heavy atom. The topological polar surface area (TPSA) is 89.6 Å². The number of benzene rings is 2. The van der Waals surface area contributed by atoms with Crippen molar-refractivity contribution in [3.8, 4) is 11.5 Å². The van der Waals surface area contributed by atoms with Crippen LogP contribution in [-0.4, -0.2) is 87.6 Å². The summed E-state index contributed by atoms with van der Waals surface area (Å²) in [6.45, 7) is 9.68. The average Bonchev–Trinajstić information content (AvgIpc) is 3.38. The number of amides is 2. The van der Waals surface area contributed by atoms with Crippen molar-refractivity contribution in [1.29, 1.82) is 0 Å². The van der Waals surface area contributed by atoms with Gasteiger partial charge in [0.25, 0.3) is 5.91 Å². The van der Waals surface area contributed by atoms with Crippen molar-refractivity contribution >= 4 is 12.0 Å². The molecule has 0 bridgehead atoms. The summed E-state index contributed by atoms with van der Waals surface area (Å²) in [6, 6.07) is 15.1. The molecule has 9 nitrogen and oxygen atoms in total. The van der Waals surface area contributed by atoms with E-state index in [1.807, 2.05) is 56.0 Å². The van der Waals surface area contributed by atoms with E-state index >= 15 is 0 Å². The van der Waals surface area contributed by atoms with Crippen LogP contribution in [0.25, 0.3) is 0 Å². The second-order valence-corrected chi connectivity index (χ2v) is 9.95. The van der Waals surface area contributed by atoms with Gasteiger partial charge < -0.3 is 34.1 Å². The molecule has 0 unspecified atom stereocenters. The van der Waals surface area contributed by atoms with Crippen LogP contribution in [-0.2, 0) is 16.0 Å². The van der Waals surface area contributed by atoms with Crippen LogP contribution in [0.15, 0.2) is 48.5 Å². The van der Waals surface area contributed by atoms with Crippen molar-refractivity contribution < 1.29 is 28.5 Å². The summed E-state index contributed by atoms with van der Waals surface area (Å²) in [5, 5.41) is 3.33. The number of carbonyl (C=O) groups is 2. The van der Waals surface area contributed by atoms with Gasteiger partial charge in [-0.1, -0.05) is 30.3 Å². The fourth-order valence-electron chi connectivity index (χ4n) is 4.60. The number of methoxy groups -OCH3 is 2. The van der Waals surface area contributed by atoms with Gasteiger partial charge in [-0.05, 0) is 44.5 Å². The molecule has 1 saturated heterocycles. The predicted molar refractivity (Wildman–Crippen MR) is 150 cm³/mol. The van der Waals surface area contributed by atoms with Crippen molar-refractivity contribution in [1.82, 2.24) is 15.1 Å². The highest BCUT2D eigenvalue weighted by Crippen LogP contribution is 2.29. The molecule has 1 heterocycles. The molecule has 39 heavy (non-hydrogen) atoms. The maximum absolute atomic E-state index is 13.7. The molecular formula is C30H43N3O6. The SMILES string of the molecule is CCN(Cc1ccccc1)C(=O)O[C@@H]1CNC[C@@H]1CN(C(=O)c1ccc(OC)c(OCCCOC)c1)C(C)C. The van der Waals surface area contributed by atoms with Gasteiger partial charge in [-0.15, -0.1) is 0 Å². The van der Waals surface area contributed by atoms with Gasteiger partial charge in [-0.3, -0.25) is 4.79 Å². The normalized spacial score (nSPS) is 16.7. The number of hydrogen-bond acceptors (Lipinski definition) is 7. The molecule has 0 aromatic heterocycles. The first kappa shape index (κ1) is 30.2. The maximum Gasteiger partial charge on any atom is 0.410 e. The van der Waals surface area contributed by atoms with E-state index in [2.05, 4.69) is 5.32 Å². The van der Waals surface area contributed by atoms with Crippen LogP contribution in [0.3, 0.4) is 0 Å². The average molecular weight is 542 g/mol. The van der Waals surface area contributed by atoms with Crippen LogP contribution in [0.2, 0.25) is 0 Å². The molecule has 2 aromatic rings. The van der Waals surface area contributed by atoms with Crippen LogP contribution in [0.1, 0.15) is 43.1 Å². The second-order valence-electron chi connectivity index (χ2n) is 9.95. The van der Waals surface area contributed by atoms with Gasteiger partial charge in [0.1, 0.15) is 6.10 Å². The van der Waals surface area contributed by atoms with Crippen molar-refractivity contribution in [2.24, 2.45) is 5.92 Å². The zero-order valence-corrected chi connectivity index (χ0v) is 23.9. The van der Waals surface area contributed by atoms with E-state index < -0.39 is 0 Å². The lowest BCUT2D eigenvalue weighted by molar-refractivity contribution is 0.0373. The first-order valence-corrected chi connectivity index (χ1v) is 13.7. The molecule has 1 aliphatic rings. The highest BCUT2D eigenvalue weighted by Gasteiger charge is 2.35. The van der Waals surface area contributed by atoms with Gasteiger partial charge in [0, 0.05) is 70.4 Å². The third-order valence-electron chi connectivity index (χ3n) is 6.86. The molecule has 0 radical (unpaired) electrons. The van der Waals surface area contributed by atoms with Crippen molar-refractivity contribution in [3.63, 3.8) is 0 Å². The van der Waals surface area contributed by atoms with Crippen molar-refractivity contribution in [2.75, 3.05) is 53.6 Å². The lowest BCUT2D eigenvalue weighted by atomic mass is 10.0. The van der Waals surface area contributed by atoms with Gasteiger partial charge >= 0.3 is 6.09 Å². The molecule has 0 saturated carbocycles. The smallest absolute Gasteiger partial charge is 0.410 e. The van der Waals surface area contributed by atoms with Crippen LogP contribution in [0.5, 0.6) is 11.5 Å². The monoisotopic (exact) mass is 541 g/mol. The van der Waals surface area contributed by atoms with E-state index in [9.17, 15) is 9.59 Å². The van der Waals surface area contributed by atoms with Crippen LogP contribution in [0.4, 0.5) is 4.79 Å². The Bertz CT molecular complexity index is 1050. The summed E-state index contributed by atoms with van der Waals surface area (Å²) in [7, 11) is 3.23. The van der Waals surface area contributed by atoms with Crippen LogP contribution < -0.4 is 14.8 Å². The molecule has 1 aliphatic heterocycles. The van der Waals surface area contributed by atoms with Gasteiger partial charge in [0.2, 0.25) is 0 Å². The highest BCUT2D eigenvalue weighted by molar-refractivity contribution is 5.95. The maximum atomic E-state index is 13.7. The van der Waals surface area contributed by atoms with Crippen molar-refractivity contribution in [2.45, 2.75) is 45.9 Å². The third-order valence-corrected chi connectivity index (χ3v) is 6.86. The molecule has 1 N–H and O–H groups in total. The van der Waals surface area contributed by atoms with E-state index in [4.69, 9.17) is 18.9 Å². The Hall–Kier alpha value is -3.30. The summed E-state index contributed by atoms with van der Waals surface area (Å²) < 4.78 is 22.4. The fraction of sp³-hybridized carbons (Fsp3) is 0.533. The Labute approximate surface area is 232 Å². The molecule has 2 atom stereocenters. The van der Waals surface area contributed by atoms with Gasteiger partial charge in [0.15, 0.2) is 11.5 Å². The van der Waals surface area contributed by atoms with Crippen LogP contribution in [0, 0.1) is 5.92 Å². The Morgan fingerprint density at radius 3 is 2.46 bits per heavy atom. The van der Waals surface area contributed by atoms with Gasteiger partial charge in [0.05, 0.1) is 13.7 Å². The van der Waals surface area contributed by atoms with E-state index in [-0.39, 0.29) is 30.1 Å². The summed E-state index contributed by atoms with van der Waals surface area (Å²) in [6.07, 6.45) is 0.0609. The number of ether oxygens (including phenoxy) is 4. The largest absolute Gasteiger partial charge is 0.493 e. The number of rotatable bonds is 14. The lowest BCUT2D eigenvalue weighted by Gasteiger charge is -2.32. The molecular weight excluding hydrogens is 498 g/mol. The quantitative estimate of drug-likeness (QED) is 0.359. The Morgan fingerprint density at radius 2 is 1.79 bits per heavy atom. The third kappa shape index (κ3) is 8.60. The Balaban J connectivity index is 1.67. The molecule has 3 rings (SSSR count). The van der Waals surface area contributed by atoms with E-state index in [1.54, 1.807) is 37.3 Å². The van der Waals surface area contributed by atoms with E-state index in [0.29, 0.717) is 63.0 Å². The highest BCUT2D eigenvalue weighted by atomic mass is 16.6. The van der Waals surface area contributed by atoms with Gasteiger partial charge in [-0.25, -0.2) is 4.79 Å². The van der Waals surface area contributed by atoms with Crippen molar-refractivity contribution in [3.05, 3.63) is 59.7 Å². The van der Waals surface area contributed by atoms with E-state index in [1.165, 1.54) is 0 Å². The Kier molecular flexibility index (Phi) is 11.9. The minimum atomic E-state index is -0.340. The summed E-state index contributed by atoms with van der Waals surface area (Å²) >= 11 is 0. The number of hydrogen-bond donors (Lipinski definition) is 1. The van der Waals surface area contributed by atoms with Crippen LogP contribution >= 0.6 is 0 Å². The fourth-order valence-corrected chi connectivity index (χ4v) is 4.60. The molecule has 2 aromatic carbocycles. The standard InChI is InChI=1S/C30H43N3O6/c1-6-32(20-23-11-8-7-9-12-23)30(35)39-28-19-31-18-25(28)21-33(22(2)3)29(34)24-13-14-26(37-5)27(17-24)38-16-10-15-36-4/h7-9,11-14,17,22,25,28,31H,6,10,15-16,18-21H2,1-5H3/t25-,28-/m1/s1. The van der Waals surface area contributed by atoms with E-state index in [0.717, 1.165) is 12.0 Å². The molecule has 1 fully saturated rings. The molecule has 214 valence electrons. The first-order chi connectivity index (χ1) is 18.9. The second kappa shape index (κ2) is 15.3. The number of nitrogens with zero attached hydrogens (tertiary/aromatic N) is 2. The molecule has 9 heteroatoms. The lowest BCUT2D eigenvalue weighted by Crippen LogP contribution is -2.44. The first-order valence-electron chi connectivity index (χ1n) is 13.7. The molecule has 0 aliphatic carbocycles. The molecule has 2 amide bonds. The predicted octanol–water partition coefficient (Wildman–Crippen LogP) is 4.21. The number of carbonyl (C=O) groups excluding carboxylic acids is 2. The zero-order valence-electron chi connectivity index (χ0n) is 23.9. The minimum absolute atomic E-state index is 0.0289. The summed E-state index contributed by atoms with van der Waals surface area (Å²) in [5.41, 5.74) is 1.57. The summed E-state index contributed by atoms with van der Waals surface area (Å²) in [5.74, 6) is 0.961.